The van der Waals surface area contributed by atoms with Gasteiger partial charge in [-0.1, -0.05) is 12.2 Å². The Morgan fingerprint density at radius 2 is 2.29 bits per heavy atom. The molecule has 2 heterocycles. The number of Topliss-reactive ketones (excluding diaryl/α,β-unsaturated/α-hetero) is 1. The number of hydrogen-bond acceptors (Lipinski definition) is 5. The Morgan fingerprint density at radius 3 is 2.82 bits per heavy atom. The first-order chi connectivity index (χ1) is 8.09. The molecule has 90 valence electrons. The lowest BCUT2D eigenvalue weighted by molar-refractivity contribution is -0.383. The highest BCUT2D eigenvalue weighted by atomic mass is 32.1. The fourth-order valence-corrected chi connectivity index (χ4v) is 2.78. The zero-order valence-electron chi connectivity index (χ0n) is 9.38. The molecular weight excluding hydrogens is 240 g/mol. The quantitative estimate of drug-likeness (QED) is 0.359. The summed E-state index contributed by atoms with van der Waals surface area (Å²) in [5.74, 6) is -0.128. The lowest BCUT2D eigenvalue weighted by atomic mass is 10.2. The summed E-state index contributed by atoms with van der Waals surface area (Å²) >= 11 is 1.20. The summed E-state index contributed by atoms with van der Waals surface area (Å²) in [6.07, 6.45) is 4.92. The van der Waals surface area contributed by atoms with Crippen molar-refractivity contribution < 1.29 is 9.72 Å². The maximum atomic E-state index is 11.3. The second kappa shape index (κ2) is 4.67. The van der Waals surface area contributed by atoms with Gasteiger partial charge in [-0.2, -0.15) is 0 Å². The third-order valence-electron chi connectivity index (χ3n) is 2.58. The first-order valence-electron chi connectivity index (χ1n) is 5.28. The Bertz CT molecular complexity index is 493. The van der Waals surface area contributed by atoms with Crippen molar-refractivity contribution in [2.45, 2.75) is 13.3 Å². The molecule has 1 aliphatic rings. The van der Waals surface area contributed by atoms with Crippen LogP contribution in [0.1, 0.15) is 23.0 Å². The number of anilines is 1. The zero-order valence-corrected chi connectivity index (χ0v) is 10.2. The minimum absolute atomic E-state index is 0.0375. The van der Waals surface area contributed by atoms with Gasteiger partial charge in [-0.3, -0.25) is 14.9 Å². The van der Waals surface area contributed by atoms with Gasteiger partial charge in [0.15, 0.2) is 10.8 Å². The average molecular weight is 252 g/mol. The van der Waals surface area contributed by atoms with Gasteiger partial charge >= 0.3 is 5.69 Å². The number of nitro groups is 1. The van der Waals surface area contributed by atoms with Crippen molar-refractivity contribution in [3.05, 3.63) is 33.2 Å². The summed E-state index contributed by atoms with van der Waals surface area (Å²) in [5.41, 5.74) is 0.0375. The molecule has 5 nitrogen and oxygen atoms in total. The lowest BCUT2D eigenvalue weighted by Crippen LogP contribution is -2.26. The molecule has 0 N–H and O–H groups in total. The van der Waals surface area contributed by atoms with E-state index in [4.69, 9.17) is 0 Å². The number of carbonyl (C=O) groups excluding carboxylic acids is 1. The molecule has 1 aromatic heterocycles. The first kappa shape index (κ1) is 11.8. The third-order valence-corrected chi connectivity index (χ3v) is 3.87. The Morgan fingerprint density at radius 1 is 1.53 bits per heavy atom. The summed E-state index contributed by atoms with van der Waals surface area (Å²) in [6, 6.07) is 1.38. The van der Waals surface area contributed by atoms with Crippen molar-refractivity contribution in [1.29, 1.82) is 0 Å². The molecule has 1 aromatic rings. The molecule has 0 bridgehead atoms. The fourth-order valence-electron chi connectivity index (χ4n) is 1.73. The predicted molar refractivity (Wildman–Crippen MR) is 66.9 cm³/mol. The SMILES string of the molecule is CC(=O)c1cc([N+](=O)[O-])c(N2CC=CCC2)s1. The van der Waals surface area contributed by atoms with Gasteiger partial charge in [-0.15, -0.1) is 11.3 Å². The second-order valence-corrected chi connectivity index (χ2v) is 4.85. The van der Waals surface area contributed by atoms with E-state index >= 15 is 0 Å². The maximum Gasteiger partial charge on any atom is 0.304 e. The molecule has 0 aliphatic carbocycles. The van der Waals surface area contributed by atoms with Crippen LogP contribution in [0.2, 0.25) is 0 Å². The van der Waals surface area contributed by atoms with E-state index in [-0.39, 0.29) is 11.5 Å². The van der Waals surface area contributed by atoms with Crippen LogP contribution in [0.4, 0.5) is 10.7 Å². The van der Waals surface area contributed by atoms with Crippen LogP contribution in [-0.4, -0.2) is 23.8 Å². The van der Waals surface area contributed by atoms with Crippen molar-refractivity contribution in [3.63, 3.8) is 0 Å². The molecule has 0 saturated heterocycles. The van der Waals surface area contributed by atoms with Crippen LogP contribution in [0.3, 0.4) is 0 Å². The van der Waals surface area contributed by atoms with Gasteiger partial charge < -0.3 is 4.90 Å². The maximum absolute atomic E-state index is 11.3. The smallest absolute Gasteiger partial charge is 0.304 e. The van der Waals surface area contributed by atoms with Crippen LogP contribution in [0.15, 0.2) is 18.2 Å². The topological polar surface area (TPSA) is 63.4 Å². The highest BCUT2D eigenvalue weighted by molar-refractivity contribution is 7.18. The van der Waals surface area contributed by atoms with Crippen LogP contribution < -0.4 is 4.90 Å². The molecule has 2 rings (SSSR count). The fraction of sp³-hybridized carbons (Fsp3) is 0.364. The normalized spacial score (nSPS) is 15.0. The van der Waals surface area contributed by atoms with E-state index in [0.29, 0.717) is 16.4 Å². The van der Waals surface area contributed by atoms with Crippen molar-refractivity contribution in [3.8, 4) is 0 Å². The van der Waals surface area contributed by atoms with Gasteiger partial charge in [-0.25, -0.2) is 0 Å². The third kappa shape index (κ3) is 2.36. The van der Waals surface area contributed by atoms with Gasteiger partial charge in [-0.05, 0) is 13.3 Å². The average Bonchev–Trinajstić information content (AvgIpc) is 2.75. The molecular formula is C11H12N2O3S. The highest BCUT2D eigenvalue weighted by Gasteiger charge is 2.25. The van der Waals surface area contributed by atoms with E-state index in [0.717, 1.165) is 13.0 Å². The van der Waals surface area contributed by atoms with Crippen molar-refractivity contribution in [1.82, 2.24) is 0 Å². The van der Waals surface area contributed by atoms with Gasteiger partial charge in [0.2, 0.25) is 0 Å². The number of rotatable bonds is 3. The van der Waals surface area contributed by atoms with Gasteiger partial charge in [0.1, 0.15) is 0 Å². The summed E-state index contributed by atoms with van der Waals surface area (Å²) in [7, 11) is 0. The Labute approximate surface area is 103 Å². The number of thiophene rings is 1. The molecule has 0 unspecified atom stereocenters. The first-order valence-corrected chi connectivity index (χ1v) is 6.10. The van der Waals surface area contributed by atoms with Crippen molar-refractivity contribution in [2.75, 3.05) is 18.0 Å². The summed E-state index contributed by atoms with van der Waals surface area (Å²) in [5, 5.41) is 11.5. The van der Waals surface area contributed by atoms with Crippen LogP contribution in [0.5, 0.6) is 0 Å². The van der Waals surface area contributed by atoms with Crippen LogP contribution in [0, 0.1) is 10.1 Å². The molecule has 0 spiro atoms. The van der Waals surface area contributed by atoms with Gasteiger partial charge in [0.05, 0.1) is 9.80 Å². The number of ketones is 1. The van der Waals surface area contributed by atoms with E-state index < -0.39 is 4.92 Å². The molecule has 6 heteroatoms. The number of carbonyl (C=O) groups is 1. The molecule has 17 heavy (non-hydrogen) atoms. The van der Waals surface area contributed by atoms with E-state index in [9.17, 15) is 14.9 Å². The number of hydrogen-bond donors (Lipinski definition) is 0. The Kier molecular flexibility index (Phi) is 3.23. The predicted octanol–water partition coefficient (Wildman–Crippen LogP) is 2.63. The molecule has 0 fully saturated rings. The van der Waals surface area contributed by atoms with E-state index in [1.165, 1.54) is 24.3 Å². The molecule has 0 atom stereocenters. The van der Waals surface area contributed by atoms with E-state index in [1.54, 1.807) is 0 Å². The summed E-state index contributed by atoms with van der Waals surface area (Å²) in [6.45, 7) is 2.85. The summed E-state index contributed by atoms with van der Waals surface area (Å²) < 4.78 is 0. The molecule has 1 aliphatic heterocycles. The van der Waals surface area contributed by atoms with Crippen molar-refractivity contribution >= 4 is 27.8 Å². The Balaban J connectivity index is 2.40. The van der Waals surface area contributed by atoms with Gasteiger partial charge in [0.25, 0.3) is 0 Å². The van der Waals surface area contributed by atoms with Crippen LogP contribution in [-0.2, 0) is 0 Å². The van der Waals surface area contributed by atoms with Gasteiger partial charge in [0, 0.05) is 19.2 Å². The zero-order chi connectivity index (χ0) is 12.4. The molecule has 0 amide bonds. The highest BCUT2D eigenvalue weighted by Crippen LogP contribution is 2.38. The van der Waals surface area contributed by atoms with Crippen LogP contribution in [0.25, 0.3) is 0 Å². The Hall–Kier alpha value is -1.69. The summed E-state index contributed by atoms with van der Waals surface area (Å²) in [4.78, 5) is 24.2. The molecule has 0 saturated carbocycles. The number of nitrogens with zero attached hydrogens (tertiary/aromatic N) is 2. The second-order valence-electron chi connectivity index (χ2n) is 3.82. The van der Waals surface area contributed by atoms with Crippen molar-refractivity contribution in [2.24, 2.45) is 0 Å². The molecule has 0 aromatic carbocycles. The largest absolute Gasteiger partial charge is 0.354 e. The molecule has 0 radical (unpaired) electrons. The standard InChI is InChI=1S/C11H12N2O3S/c1-8(14)10-7-9(13(15)16)11(17-10)12-5-3-2-4-6-12/h2-3,7H,4-6H2,1H3. The van der Waals surface area contributed by atoms with E-state index in [2.05, 4.69) is 6.08 Å². The van der Waals surface area contributed by atoms with E-state index in [1.807, 2.05) is 11.0 Å². The minimum Gasteiger partial charge on any atom is -0.354 e. The lowest BCUT2D eigenvalue weighted by Gasteiger charge is -2.22. The monoisotopic (exact) mass is 252 g/mol. The van der Waals surface area contributed by atoms with Crippen LogP contribution >= 0.6 is 11.3 Å². The minimum atomic E-state index is -0.420.